The maximum Gasteiger partial charge on any atom is 0.129 e. The first kappa shape index (κ1) is 15.1. The molecule has 2 aromatic rings. The van der Waals surface area contributed by atoms with Gasteiger partial charge in [0.05, 0.1) is 0 Å². The SMILES string of the molecule is CNCC(Cc1ccc(F)cc1F)c1cccc(Br)c1. The van der Waals surface area contributed by atoms with Crippen molar-refractivity contribution in [1.29, 1.82) is 0 Å². The normalized spacial score (nSPS) is 12.4. The van der Waals surface area contributed by atoms with Crippen LogP contribution in [0.3, 0.4) is 0 Å². The second-order valence-electron chi connectivity index (χ2n) is 4.75. The maximum absolute atomic E-state index is 13.8. The van der Waals surface area contributed by atoms with Crippen LogP contribution in [0.5, 0.6) is 0 Å². The molecule has 0 spiro atoms. The van der Waals surface area contributed by atoms with E-state index in [2.05, 4.69) is 21.2 Å². The summed E-state index contributed by atoms with van der Waals surface area (Å²) in [5.74, 6) is -0.891. The Bertz CT molecular complexity index is 586. The Morgan fingerprint density at radius 1 is 1.15 bits per heavy atom. The predicted octanol–water partition coefficient (Wildman–Crippen LogP) is 4.27. The molecule has 0 heterocycles. The quantitative estimate of drug-likeness (QED) is 0.857. The van der Waals surface area contributed by atoms with Crippen molar-refractivity contribution in [3.63, 3.8) is 0 Å². The van der Waals surface area contributed by atoms with E-state index in [0.29, 0.717) is 12.0 Å². The zero-order valence-electron chi connectivity index (χ0n) is 11.2. The first-order valence-corrected chi connectivity index (χ1v) is 7.23. The molecule has 2 rings (SSSR count). The first-order valence-electron chi connectivity index (χ1n) is 6.44. The number of hydrogen-bond acceptors (Lipinski definition) is 1. The van der Waals surface area contributed by atoms with Crippen molar-refractivity contribution in [3.8, 4) is 0 Å². The van der Waals surface area contributed by atoms with Gasteiger partial charge in [-0.3, -0.25) is 0 Å². The molecule has 0 amide bonds. The van der Waals surface area contributed by atoms with Crippen LogP contribution in [0, 0.1) is 11.6 Å². The second kappa shape index (κ2) is 6.95. The highest BCUT2D eigenvalue weighted by molar-refractivity contribution is 9.10. The molecule has 0 radical (unpaired) electrons. The Morgan fingerprint density at radius 3 is 2.60 bits per heavy atom. The van der Waals surface area contributed by atoms with Crippen LogP contribution in [0.1, 0.15) is 17.0 Å². The third kappa shape index (κ3) is 3.87. The third-order valence-corrected chi connectivity index (χ3v) is 3.75. The summed E-state index contributed by atoms with van der Waals surface area (Å²) >= 11 is 3.45. The molecule has 1 N–H and O–H groups in total. The third-order valence-electron chi connectivity index (χ3n) is 3.25. The Balaban J connectivity index is 2.25. The minimum Gasteiger partial charge on any atom is -0.319 e. The van der Waals surface area contributed by atoms with Gasteiger partial charge in [0.25, 0.3) is 0 Å². The number of hydrogen-bond donors (Lipinski definition) is 1. The van der Waals surface area contributed by atoms with E-state index in [1.165, 1.54) is 12.1 Å². The molecule has 0 saturated carbocycles. The van der Waals surface area contributed by atoms with Crippen LogP contribution >= 0.6 is 15.9 Å². The van der Waals surface area contributed by atoms with Crippen LogP contribution in [0.4, 0.5) is 8.78 Å². The summed E-state index contributed by atoms with van der Waals surface area (Å²) in [6.07, 6.45) is 0.531. The van der Waals surface area contributed by atoms with Crippen molar-refractivity contribution >= 4 is 15.9 Å². The molecule has 0 bridgehead atoms. The first-order chi connectivity index (χ1) is 9.60. The molecule has 2 aromatic carbocycles. The number of benzene rings is 2. The summed E-state index contributed by atoms with van der Waals surface area (Å²) in [7, 11) is 1.87. The Hall–Kier alpha value is -1.26. The van der Waals surface area contributed by atoms with Crippen molar-refractivity contribution in [3.05, 3.63) is 69.7 Å². The van der Waals surface area contributed by atoms with Crippen molar-refractivity contribution in [2.24, 2.45) is 0 Å². The molecule has 0 aliphatic rings. The summed E-state index contributed by atoms with van der Waals surface area (Å²) in [4.78, 5) is 0. The average Bonchev–Trinajstić information content (AvgIpc) is 2.41. The van der Waals surface area contributed by atoms with Gasteiger partial charge in [-0.05, 0) is 42.8 Å². The van der Waals surface area contributed by atoms with Gasteiger partial charge < -0.3 is 5.32 Å². The topological polar surface area (TPSA) is 12.0 Å². The van der Waals surface area contributed by atoms with Crippen LogP contribution in [0.2, 0.25) is 0 Å². The zero-order valence-corrected chi connectivity index (χ0v) is 12.8. The molecule has 1 nitrogen and oxygen atoms in total. The van der Waals surface area contributed by atoms with Crippen LogP contribution in [-0.4, -0.2) is 13.6 Å². The maximum atomic E-state index is 13.8. The van der Waals surface area contributed by atoms with Gasteiger partial charge in [-0.15, -0.1) is 0 Å². The van der Waals surface area contributed by atoms with Gasteiger partial charge >= 0.3 is 0 Å². The zero-order chi connectivity index (χ0) is 14.5. The van der Waals surface area contributed by atoms with Gasteiger partial charge in [-0.1, -0.05) is 34.1 Å². The number of nitrogens with one attached hydrogen (secondary N) is 1. The predicted molar refractivity (Wildman–Crippen MR) is 80.9 cm³/mol. The molecular weight excluding hydrogens is 324 g/mol. The molecule has 0 fully saturated rings. The number of rotatable bonds is 5. The lowest BCUT2D eigenvalue weighted by Crippen LogP contribution is -2.19. The fourth-order valence-corrected chi connectivity index (χ4v) is 2.68. The largest absolute Gasteiger partial charge is 0.319 e. The van der Waals surface area contributed by atoms with Gasteiger partial charge in [0.2, 0.25) is 0 Å². The van der Waals surface area contributed by atoms with Crippen LogP contribution in [0.15, 0.2) is 46.9 Å². The lowest BCUT2D eigenvalue weighted by atomic mass is 9.91. The lowest BCUT2D eigenvalue weighted by Gasteiger charge is -2.18. The molecule has 0 aliphatic heterocycles. The van der Waals surface area contributed by atoms with Gasteiger partial charge in [0.1, 0.15) is 11.6 Å². The highest BCUT2D eigenvalue weighted by atomic mass is 79.9. The van der Waals surface area contributed by atoms with Crippen LogP contribution in [-0.2, 0) is 6.42 Å². The minimum atomic E-state index is -0.543. The number of likely N-dealkylation sites (N-methyl/N-ethyl adjacent to an activating group) is 1. The number of halogens is 3. The molecule has 106 valence electrons. The summed E-state index contributed by atoms with van der Waals surface area (Å²) in [5, 5.41) is 3.13. The van der Waals surface area contributed by atoms with E-state index in [-0.39, 0.29) is 5.92 Å². The van der Waals surface area contributed by atoms with Crippen LogP contribution < -0.4 is 5.32 Å². The fourth-order valence-electron chi connectivity index (χ4n) is 2.27. The molecular formula is C16H16BrF2N. The highest BCUT2D eigenvalue weighted by Gasteiger charge is 2.15. The second-order valence-corrected chi connectivity index (χ2v) is 5.67. The summed E-state index contributed by atoms with van der Waals surface area (Å²) in [6, 6.07) is 11.7. The van der Waals surface area contributed by atoms with E-state index < -0.39 is 11.6 Å². The van der Waals surface area contributed by atoms with Crippen molar-refractivity contribution in [2.75, 3.05) is 13.6 Å². The smallest absolute Gasteiger partial charge is 0.129 e. The summed E-state index contributed by atoms with van der Waals surface area (Å²) in [6.45, 7) is 0.729. The van der Waals surface area contributed by atoms with Gasteiger partial charge in [0.15, 0.2) is 0 Å². The molecule has 4 heteroatoms. The van der Waals surface area contributed by atoms with E-state index in [9.17, 15) is 8.78 Å². The van der Waals surface area contributed by atoms with Gasteiger partial charge in [-0.25, -0.2) is 8.78 Å². The minimum absolute atomic E-state index is 0.137. The Morgan fingerprint density at radius 2 is 1.95 bits per heavy atom. The van der Waals surface area contributed by atoms with Gasteiger partial charge in [-0.2, -0.15) is 0 Å². The molecule has 20 heavy (non-hydrogen) atoms. The molecule has 0 aliphatic carbocycles. The van der Waals surface area contributed by atoms with E-state index in [4.69, 9.17) is 0 Å². The highest BCUT2D eigenvalue weighted by Crippen LogP contribution is 2.24. The monoisotopic (exact) mass is 339 g/mol. The lowest BCUT2D eigenvalue weighted by molar-refractivity contribution is 0.554. The standard InChI is InChI=1S/C16H16BrF2N/c1-20-10-13(11-3-2-4-14(17)8-11)7-12-5-6-15(18)9-16(12)19/h2-6,8-9,13,20H,7,10H2,1H3. The van der Waals surface area contributed by atoms with E-state index >= 15 is 0 Å². The van der Waals surface area contributed by atoms with Crippen molar-refractivity contribution in [2.45, 2.75) is 12.3 Å². The van der Waals surface area contributed by atoms with E-state index in [1.807, 2.05) is 31.3 Å². The van der Waals surface area contributed by atoms with Crippen molar-refractivity contribution < 1.29 is 8.78 Å². The van der Waals surface area contributed by atoms with Crippen molar-refractivity contribution in [1.82, 2.24) is 5.32 Å². The molecule has 1 atom stereocenters. The van der Waals surface area contributed by atoms with Gasteiger partial charge in [0, 0.05) is 23.0 Å². The molecule has 0 saturated heterocycles. The van der Waals surface area contributed by atoms with E-state index in [0.717, 1.165) is 22.6 Å². The fraction of sp³-hybridized carbons (Fsp3) is 0.250. The molecule has 1 unspecified atom stereocenters. The average molecular weight is 340 g/mol. The van der Waals surface area contributed by atoms with E-state index in [1.54, 1.807) is 0 Å². The summed E-state index contributed by atoms with van der Waals surface area (Å²) in [5.41, 5.74) is 1.66. The molecule has 0 aromatic heterocycles. The summed E-state index contributed by atoms with van der Waals surface area (Å²) < 4.78 is 27.7. The Kier molecular flexibility index (Phi) is 5.26. The Labute approximate surface area is 126 Å². The van der Waals surface area contributed by atoms with Crippen LogP contribution in [0.25, 0.3) is 0 Å².